The average molecular weight is 338 g/mol. The van der Waals surface area contributed by atoms with Crippen LogP contribution in [0.1, 0.15) is 11.1 Å². The predicted molar refractivity (Wildman–Crippen MR) is 78.8 cm³/mol. The maximum absolute atomic E-state index is 12.7. The largest absolute Gasteiger partial charge is 0.353 e. The number of hydrogen-bond acceptors (Lipinski definition) is 3. The number of fused-ring (bicyclic) bond motifs is 2. The third-order valence-electron chi connectivity index (χ3n) is 3.19. The molecule has 0 saturated heterocycles. The van der Waals surface area contributed by atoms with Crippen LogP contribution in [0.3, 0.4) is 0 Å². The molecule has 98 valence electrons. The van der Waals surface area contributed by atoms with E-state index in [1.807, 2.05) is 32.0 Å². The van der Waals surface area contributed by atoms with Crippen molar-refractivity contribution >= 4 is 37.1 Å². The first-order chi connectivity index (χ1) is 8.89. The van der Waals surface area contributed by atoms with Gasteiger partial charge in [-0.05, 0) is 49.2 Å². The molecule has 19 heavy (non-hydrogen) atoms. The van der Waals surface area contributed by atoms with Gasteiger partial charge in [0.2, 0.25) is 9.84 Å². The maximum Gasteiger partial charge on any atom is 0.210 e. The van der Waals surface area contributed by atoms with E-state index in [1.54, 1.807) is 12.1 Å². The zero-order chi connectivity index (χ0) is 13.8. The Balaban J connectivity index is 2.38. The van der Waals surface area contributed by atoms with E-state index < -0.39 is 9.84 Å². The molecule has 3 rings (SSSR count). The van der Waals surface area contributed by atoms with Gasteiger partial charge < -0.3 is 5.32 Å². The molecule has 1 aliphatic rings. The Kier molecular flexibility index (Phi) is 2.73. The summed E-state index contributed by atoms with van der Waals surface area (Å²) in [7, 11) is -3.46. The Bertz CT molecular complexity index is 797. The highest BCUT2D eigenvalue weighted by Gasteiger charge is 2.31. The lowest BCUT2D eigenvalue weighted by molar-refractivity contribution is 0.595. The Morgan fingerprint density at radius 3 is 2.53 bits per heavy atom. The van der Waals surface area contributed by atoms with Gasteiger partial charge in [0.15, 0.2) is 0 Å². The highest BCUT2D eigenvalue weighted by atomic mass is 79.9. The summed E-state index contributed by atoms with van der Waals surface area (Å²) in [5.74, 6) is 0. The second-order valence-corrected chi connectivity index (χ2v) is 7.50. The van der Waals surface area contributed by atoms with E-state index in [0.29, 0.717) is 21.2 Å². The quantitative estimate of drug-likeness (QED) is 0.675. The van der Waals surface area contributed by atoms with Crippen LogP contribution < -0.4 is 5.32 Å². The molecule has 0 bridgehead atoms. The molecule has 0 amide bonds. The molecule has 5 heteroatoms. The first-order valence-corrected chi connectivity index (χ1v) is 8.10. The van der Waals surface area contributed by atoms with Gasteiger partial charge in [0.05, 0.1) is 21.2 Å². The highest BCUT2D eigenvalue weighted by Crippen LogP contribution is 2.42. The molecule has 0 aromatic heterocycles. The molecule has 0 aliphatic carbocycles. The van der Waals surface area contributed by atoms with E-state index in [1.165, 1.54) is 0 Å². The van der Waals surface area contributed by atoms with Crippen molar-refractivity contribution in [1.82, 2.24) is 0 Å². The topological polar surface area (TPSA) is 46.2 Å². The number of halogens is 1. The SMILES string of the molecule is Cc1cc(C)c2c(c1)Nc1ccc(Br)cc1S2(=O)=O. The molecular formula is C14H12BrNO2S. The van der Waals surface area contributed by atoms with E-state index in [2.05, 4.69) is 21.2 Å². The first kappa shape index (κ1) is 12.7. The summed E-state index contributed by atoms with van der Waals surface area (Å²) in [6.45, 7) is 3.78. The van der Waals surface area contributed by atoms with E-state index >= 15 is 0 Å². The summed E-state index contributed by atoms with van der Waals surface area (Å²) < 4.78 is 26.2. The zero-order valence-corrected chi connectivity index (χ0v) is 12.9. The van der Waals surface area contributed by atoms with E-state index in [9.17, 15) is 8.42 Å². The van der Waals surface area contributed by atoms with Crippen LogP contribution in [0.25, 0.3) is 0 Å². The van der Waals surface area contributed by atoms with E-state index in [4.69, 9.17) is 0 Å². The third kappa shape index (κ3) is 1.88. The Labute approximate surface area is 120 Å². The van der Waals surface area contributed by atoms with Crippen molar-refractivity contribution in [3.63, 3.8) is 0 Å². The van der Waals surface area contributed by atoms with Gasteiger partial charge in [-0.15, -0.1) is 0 Å². The van der Waals surface area contributed by atoms with Gasteiger partial charge in [0.25, 0.3) is 0 Å². The van der Waals surface area contributed by atoms with Crippen LogP contribution in [0.2, 0.25) is 0 Å². The summed E-state index contributed by atoms with van der Waals surface area (Å²) in [5, 5.41) is 3.20. The summed E-state index contributed by atoms with van der Waals surface area (Å²) in [6, 6.07) is 9.00. The second kappa shape index (κ2) is 4.08. The molecule has 0 fully saturated rings. The molecule has 2 aromatic carbocycles. The number of benzene rings is 2. The van der Waals surface area contributed by atoms with Crippen LogP contribution in [-0.4, -0.2) is 8.42 Å². The van der Waals surface area contributed by atoms with Crippen LogP contribution in [0, 0.1) is 13.8 Å². The molecule has 2 aromatic rings. The third-order valence-corrected chi connectivity index (χ3v) is 5.68. The number of sulfone groups is 1. The number of hydrogen-bond donors (Lipinski definition) is 1. The van der Waals surface area contributed by atoms with Gasteiger partial charge in [0.1, 0.15) is 0 Å². The fourth-order valence-electron chi connectivity index (χ4n) is 2.48. The van der Waals surface area contributed by atoms with Crippen molar-refractivity contribution in [3.05, 3.63) is 45.9 Å². The van der Waals surface area contributed by atoms with Crippen molar-refractivity contribution in [2.75, 3.05) is 5.32 Å². The Morgan fingerprint density at radius 2 is 1.79 bits per heavy atom. The summed E-state index contributed by atoms with van der Waals surface area (Å²) in [5.41, 5.74) is 3.10. The van der Waals surface area contributed by atoms with Gasteiger partial charge >= 0.3 is 0 Å². The lowest BCUT2D eigenvalue weighted by atomic mass is 10.1. The Hall–Kier alpha value is -1.33. The van der Waals surface area contributed by atoms with Crippen molar-refractivity contribution < 1.29 is 8.42 Å². The number of anilines is 2. The standard InChI is InChI=1S/C14H12BrNO2S/c1-8-5-9(2)14-12(6-8)16-11-4-3-10(15)7-13(11)19(14,17)18/h3-7,16H,1-2H3. The van der Waals surface area contributed by atoms with Crippen molar-refractivity contribution in [2.45, 2.75) is 23.6 Å². The first-order valence-electron chi connectivity index (χ1n) is 5.82. The van der Waals surface area contributed by atoms with Gasteiger partial charge in [0, 0.05) is 4.47 Å². The van der Waals surface area contributed by atoms with Gasteiger partial charge in [-0.3, -0.25) is 0 Å². The van der Waals surface area contributed by atoms with Crippen molar-refractivity contribution in [3.8, 4) is 0 Å². The molecule has 1 heterocycles. The van der Waals surface area contributed by atoms with Gasteiger partial charge in [-0.25, -0.2) is 8.42 Å². The van der Waals surface area contributed by atoms with E-state index in [0.717, 1.165) is 15.6 Å². The molecule has 0 spiro atoms. The van der Waals surface area contributed by atoms with Crippen LogP contribution >= 0.6 is 15.9 Å². The smallest absolute Gasteiger partial charge is 0.210 e. The molecule has 0 radical (unpaired) electrons. The summed E-state index contributed by atoms with van der Waals surface area (Å²) in [4.78, 5) is 0.699. The minimum atomic E-state index is -3.46. The van der Waals surface area contributed by atoms with Crippen LogP contribution in [0.4, 0.5) is 11.4 Å². The summed E-state index contributed by atoms with van der Waals surface area (Å²) in [6.07, 6.45) is 0. The molecule has 3 nitrogen and oxygen atoms in total. The molecule has 0 unspecified atom stereocenters. The van der Waals surface area contributed by atoms with Crippen molar-refractivity contribution in [2.24, 2.45) is 0 Å². The monoisotopic (exact) mass is 337 g/mol. The van der Waals surface area contributed by atoms with Crippen LogP contribution in [0.15, 0.2) is 44.6 Å². The fourth-order valence-corrected chi connectivity index (χ4v) is 4.79. The second-order valence-electron chi connectivity index (χ2n) is 4.73. The normalized spacial score (nSPS) is 15.3. The van der Waals surface area contributed by atoms with Crippen LogP contribution in [-0.2, 0) is 9.84 Å². The molecule has 1 N–H and O–H groups in total. The summed E-state index contributed by atoms with van der Waals surface area (Å²) >= 11 is 3.32. The van der Waals surface area contributed by atoms with Gasteiger partial charge in [-0.1, -0.05) is 22.0 Å². The minimum Gasteiger partial charge on any atom is -0.353 e. The lowest BCUT2D eigenvalue weighted by Gasteiger charge is -2.23. The average Bonchev–Trinajstić information content (AvgIpc) is 2.29. The molecule has 0 atom stereocenters. The lowest BCUT2D eigenvalue weighted by Crippen LogP contribution is -2.15. The molecule has 0 saturated carbocycles. The van der Waals surface area contributed by atoms with E-state index in [-0.39, 0.29) is 0 Å². The number of aryl methyl sites for hydroxylation is 2. The predicted octanol–water partition coefficient (Wildman–Crippen LogP) is 3.96. The number of nitrogens with one attached hydrogen (secondary N) is 1. The highest BCUT2D eigenvalue weighted by molar-refractivity contribution is 9.10. The minimum absolute atomic E-state index is 0.321. The fraction of sp³-hybridized carbons (Fsp3) is 0.143. The zero-order valence-electron chi connectivity index (χ0n) is 10.5. The Morgan fingerprint density at radius 1 is 1.05 bits per heavy atom. The van der Waals surface area contributed by atoms with Crippen molar-refractivity contribution in [1.29, 1.82) is 0 Å². The number of rotatable bonds is 0. The molecule has 1 aliphatic heterocycles. The van der Waals surface area contributed by atoms with Gasteiger partial charge in [-0.2, -0.15) is 0 Å². The van der Waals surface area contributed by atoms with Crippen LogP contribution in [0.5, 0.6) is 0 Å². The maximum atomic E-state index is 12.7. The molecular weight excluding hydrogens is 326 g/mol.